The van der Waals surface area contributed by atoms with E-state index in [1.165, 1.54) is 16.4 Å². The van der Waals surface area contributed by atoms with Crippen molar-refractivity contribution < 1.29 is 23.4 Å². The molecule has 3 aromatic rings. The van der Waals surface area contributed by atoms with Crippen LogP contribution in [-0.2, 0) is 16.4 Å². The predicted octanol–water partition coefficient (Wildman–Crippen LogP) is 4.76. The van der Waals surface area contributed by atoms with Crippen molar-refractivity contribution in [3.8, 4) is 0 Å². The molecule has 0 radical (unpaired) electrons. The quantitative estimate of drug-likeness (QED) is 0.462. The zero-order valence-corrected chi connectivity index (χ0v) is 20.9. The Kier molecular flexibility index (Phi) is 6.80. The number of aliphatic hydroxyl groups excluding tert-OH is 1. The molecular weight excluding hydrogens is 472 g/mol. The number of sulfonamides is 1. The van der Waals surface area contributed by atoms with Gasteiger partial charge in [-0.15, -0.1) is 11.3 Å². The van der Waals surface area contributed by atoms with E-state index >= 15 is 0 Å². The molecule has 34 heavy (non-hydrogen) atoms. The largest absolute Gasteiger partial charge is 0.478 e. The molecule has 2 N–H and O–H groups in total. The summed E-state index contributed by atoms with van der Waals surface area (Å²) >= 11 is 1.12. The van der Waals surface area contributed by atoms with E-state index in [0.717, 1.165) is 35.3 Å². The summed E-state index contributed by atoms with van der Waals surface area (Å²) in [6.07, 6.45) is 0.687. The molecule has 1 aliphatic rings. The van der Waals surface area contributed by atoms with Crippen LogP contribution in [0.1, 0.15) is 65.0 Å². The number of benzene rings is 2. The molecule has 7 nitrogen and oxygen atoms in total. The monoisotopic (exact) mass is 500 g/mol. The maximum absolute atomic E-state index is 13.5. The van der Waals surface area contributed by atoms with Gasteiger partial charge in [0.05, 0.1) is 17.4 Å². The number of aliphatic hydroxyl groups is 1. The summed E-state index contributed by atoms with van der Waals surface area (Å²) < 4.78 is 28.5. The Hall–Kier alpha value is -2.75. The topological polar surface area (TPSA) is 108 Å². The average molecular weight is 501 g/mol. The van der Waals surface area contributed by atoms with Gasteiger partial charge in [0.2, 0.25) is 4.34 Å². The minimum absolute atomic E-state index is 0.0706. The highest BCUT2D eigenvalue weighted by molar-refractivity contribution is 7.94. The number of carboxylic acids is 1. The number of hydrogen-bond acceptors (Lipinski definition) is 6. The number of aromatic carboxylic acids is 1. The number of carboxylic acid groups (broad SMARTS) is 1. The van der Waals surface area contributed by atoms with Crippen LogP contribution in [0.15, 0.2) is 52.2 Å². The van der Waals surface area contributed by atoms with Crippen LogP contribution in [0.2, 0.25) is 0 Å². The number of thiazole rings is 1. The first-order valence-electron chi connectivity index (χ1n) is 11.2. The SMILES string of the molecule is Cc1csc(S(=O)(=O)N(CC(C)C)c2ccc3c(c2)C(C(O)c2ccc(C(=O)O)cc2)CC3)n1. The standard InChI is InChI=1S/C25H28N2O5S2/c1-15(2)13-27(34(31,32)25-26-16(3)14-33-25)20-10-8-17-9-11-21(22(17)12-20)23(28)18-4-6-19(7-5-18)24(29)30/h4-8,10,12,14-15,21,23,28H,9,11,13H2,1-3H3,(H,29,30). The Morgan fingerprint density at radius 2 is 1.91 bits per heavy atom. The molecule has 0 saturated carbocycles. The summed E-state index contributed by atoms with van der Waals surface area (Å²) in [5.74, 6) is -1.13. The van der Waals surface area contributed by atoms with E-state index in [4.69, 9.17) is 5.11 Å². The molecule has 0 aliphatic heterocycles. The lowest BCUT2D eigenvalue weighted by Crippen LogP contribution is -2.34. The van der Waals surface area contributed by atoms with Gasteiger partial charge in [-0.1, -0.05) is 32.0 Å². The highest BCUT2D eigenvalue weighted by Crippen LogP contribution is 2.43. The first-order valence-corrected chi connectivity index (χ1v) is 13.5. The van der Waals surface area contributed by atoms with Crippen LogP contribution in [0.4, 0.5) is 5.69 Å². The average Bonchev–Trinajstić information content (AvgIpc) is 3.43. The van der Waals surface area contributed by atoms with E-state index in [0.29, 0.717) is 23.5 Å². The molecule has 1 heterocycles. The third-order valence-corrected chi connectivity index (χ3v) is 9.21. The number of nitrogens with zero attached hydrogens (tertiary/aromatic N) is 2. The van der Waals surface area contributed by atoms with Gasteiger partial charge in [-0.25, -0.2) is 9.78 Å². The van der Waals surface area contributed by atoms with Crippen molar-refractivity contribution >= 4 is 33.0 Å². The molecule has 0 fully saturated rings. The van der Waals surface area contributed by atoms with Crippen molar-refractivity contribution in [3.05, 3.63) is 75.8 Å². The Bertz CT molecular complexity index is 1300. The molecular formula is C25H28N2O5S2. The van der Waals surface area contributed by atoms with Gasteiger partial charge in [-0.05, 0) is 66.6 Å². The first kappa shape index (κ1) is 24.4. The Morgan fingerprint density at radius 3 is 2.50 bits per heavy atom. The van der Waals surface area contributed by atoms with Gasteiger partial charge in [-0.3, -0.25) is 4.31 Å². The number of anilines is 1. The summed E-state index contributed by atoms with van der Waals surface area (Å²) in [6, 6.07) is 11.9. The van der Waals surface area contributed by atoms with Crippen molar-refractivity contribution in [1.29, 1.82) is 0 Å². The van der Waals surface area contributed by atoms with Crippen LogP contribution in [0.3, 0.4) is 0 Å². The molecule has 4 rings (SSSR count). The third kappa shape index (κ3) is 4.73. The number of rotatable bonds is 8. The summed E-state index contributed by atoms with van der Waals surface area (Å²) in [5, 5.41) is 22.0. The molecule has 1 aromatic heterocycles. The molecule has 0 bridgehead atoms. The van der Waals surface area contributed by atoms with E-state index in [1.54, 1.807) is 24.4 Å². The summed E-state index contributed by atoms with van der Waals surface area (Å²) in [5.41, 5.74) is 4.03. The summed E-state index contributed by atoms with van der Waals surface area (Å²) in [4.78, 5) is 15.4. The zero-order chi connectivity index (χ0) is 24.6. The normalized spacial score (nSPS) is 16.4. The third-order valence-electron chi connectivity index (χ3n) is 6.06. The summed E-state index contributed by atoms with van der Waals surface area (Å²) in [7, 11) is -3.83. The highest BCUT2D eigenvalue weighted by atomic mass is 32.2. The lowest BCUT2D eigenvalue weighted by molar-refractivity contribution is 0.0696. The smallest absolute Gasteiger partial charge is 0.335 e. The Labute approximate surface area is 203 Å². The van der Waals surface area contributed by atoms with Crippen molar-refractivity contribution in [2.24, 2.45) is 5.92 Å². The van der Waals surface area contributed by atoms with Crippen LogP contribution < -0.4 is 4.31 Å². The van der Waals surface area contributed by atoms with Crippen LogP contribution in [-0.4, -0.2) is 36.1 Å². The van der Waals surface area contributed by atoms with Crippen LogP contribution in [0.25, 0.3) is 0 Å². The van der Waals surface area contributed by atoms with Gasteiger partial charge in [0.1, 0.15) is 0 Å². The van der Waals surface area contributed by atoms with Gasteiger partial charge in [-0.2, -0.15) is 8.42 Å². The van der Waals surface area contributed by atoms with E-state index in [2.05, 4.69) is 4.98 Å². The second kappa shape index (κ2) is 9.48. The maximum atomic E-state index is 13.5. The molecule has 0 saturated heterocycles. The van der Waals surface area contributed by atoms with E-state index < -0.39 is 22.1 Å². The van der Waals surface area contributed by atoms with Crippen LogP contribution >= 0.6 is 11.3 Å². The number of carbonyl (C=O) groups is 1. The molecule has 0 amide bonds. The molecule has 2 aromatic carbocycles. The molecule has 2 unspecified atom stereocenters. The van der Waals surface area contributed by atoms with Gasteiger partial charge in [0.25, 0.3) is 10.0 Å². The van der Waals surface area contributed by atoms with Crippen LogP contribution in [0, 0.1) is 12.8 Å². The maximum Gasteiger partial charge on any atom is 0.335 e. The second-order valence-electron chi connectivity index (χ2n) is 9.09. The van der Waals surface area contributed by atoms with Crippen LogP contribution in [0.5, 0.6) is 0 Å². The van der Waals surface area contributed by atoms with Crippen molar-refractivity contribution in [3.63, 3.8) is 0 Å². The van der Waals surface area contributed by atoms with E-state index in [9.17, 15) is 18.3 Å². The van der Waals surface area contributed by atoms with Gasteiger partial charge in [0, 0.05) is 23.5 Å². The second-order valence-corrected chi connectivity index (χ2v) is 12.0. The molecule has 1 aliphatic carbocycles. The zero-order valence-electron chi connectivity index (χ0n) is 19.3. The minimum Gasteiger partial charge on any atom is -0.478 e. The van der Waals surface area contributed by atoms with E-state index in [-0.39, 0.29) is 21.7 Å². The van der Waals surface area contributed by atoms with Gasteiger partial charge < -0.3 is 10.2 Å². The molecule has 2 atom stereocenters. The lowest BCUT2D eigenvalue weighted by Gasteiger charge is -2.27. The fourth-order valence-corrected chi connectivity index (χ4v) is 7.13. The van der Waals surface area contributed by atoms with Crippen molar-refractivity contribution in [2.75, 3.05) is 10.8 Å². The van der Waals surface area contributed by atoms with Crippen molar-refractivity contribution in [2.45, 2.75) is 50.0 Å². The lowest BCUT2D eigenvalue weighted by atomic mass is 9.90. The fourth-order valence-electron chi connectivity index (χ4n) is 4.38. The van der Waals surface area contributed by atoms with Gasteiger partial charge in [0.15, 0.2) is 0 Å². The number of aryl methyl sites for hydroxylation is 2. The Morgan fingerprint density at radius 1 is 1.21 bits per heavy atom. The number of aromatic nitrogens is 1. The highest BCUT2D eigenvalue weighted by Gasteiger charge is 2.33. The summed E-state index contributed by atoms with van der Waals surface area (Å²) in [6.45, 7) is 6.02. The molecule has 9 heteroatoms. The number of fused-ring (bicyclic) bond motifs is 1. The van der Waals surface area contributed by atoms with Gasteiger partial charge >= 0.3 is 5.97 Å². The Balaban J connectivity index is 1.70. The van der Waals surface area contributed by atoms with E-state index in [1.807, 2.05) is 32.0 Å². The fraction of sp³-hybridized carbons (Fsp3) is 0.360. The minimum atomic E-state index is -3.83. The van der Waals surface area contributed by atoms with Crippen molar-refractivity contribution in [1.82, 2.24) is 4.98 Å². The molecule has 0 spiro atoms. The first-order chi connectivity index (χ1) is 16.1. The number of hydrogen-bond donors (Lipinski definition) is 2. The predicted molar refractivity (Wildman–Crippen MR) is 132 cm³/mol. The molecule has 180 valence electrons.